The largest absolute Gasteiger partial charge is 0.469 e. The van der Waals surface area contributed by atoms with E-state index in [1.807, 2.05) is 0 Å². The highest BCUT2D eigenvalue weighted by atomic mass is 79.9. The SMILES string of the molecule is COCCN(CCC(=O)OC)C(=O)c1cc(Br)ccc1Cl. The van der Waals surface area contributed by atoms with E-state index in [-0.39, 0.29) is 24.8 Å². The van der Waals surface area contributed by atoms with Gasteiger partial charge in [-0.3, -0.25) is 9.59 Å². The molecule has 0 aliphatic rings. The Balaban J connectivity index is 2.87. The van der Waals surface area contributed by atoms with Gasteiger partial charge >= 0.3 is 5.97 Å². The lowest BCUT2D eigenvalue weighted by Crippen LogP contribution is -2.36. The minimum absolute atomic E-state index is 0.123. The van der Waals surface area contributed by atoms with Crippen molar-refractivity contribution in [1.82, 2.24) is 4.90 Å². The lowest BCUT2D eigenvalue weighted by molar-refractivity contribution is -0.140. The predicted molar refractivity (Wildman–Crippen MR) is 83.6 cm³/mol. The summed E-state index contributed by atoms with van der Waals surface area (Å²) in [5.41, 5.74) is 0.381. The maximum Gasteiger partial charge on any atom is 0.307 e. The average molecular weight is 379 g/mol. The number of hydrogen-bond acceptors (Lipinski definition) is 4. The van der Waals surface area contributed by atoms with Crippen LogP contribution in [-0.2, 0) is 14.3 Å². The van der Waals surface area contributed by atoms with Crippen LogP contribution in [0.15, 0.2) is 22.7 Å². The van der Waals surface area contributed by atoms with Crippen LogP contribution in [-0.4, -0.2) is 50.7 Å². The van der Waals surface area contributed by atoms with Crippen LogP contribution in [0.2, 0.25) is 5.02 Å². The molecular weight excluding hydrogens is 362 g/mol. The fraction of sp³-hybridized carbons (Fsp3) is 0.429. The predicted octanol–water partition coefficient (Wildman–Crippen LogP) is 2.75. The van der Waals surface area contributed by atoms with Gasteiger partial charge in [0.25, 0.3) is 5.91 Å². The topological polar surface area (TPSA) is 55.8 Å². The van der Waals surface area contributed by atoms with E-state index in [4.69, 9.17) is 16.3 Å². The maximum absolute atomic E-state index is 12.5. The second-order valence-corrected chi connectivity index (χ2v) is 5.56. The number of halogens is 2. The van der Waals surface area contributed by atoms with E-state index < -0.39 is 0 Å². The monoisotopic (exact) mass is 377 g/mol. The van der Waals surface area contributed by atoms with Gasteiger partial charge in [-0.25, -0.2) is 0 Å². The number of esters is 1. The lowest BCUT2D eigenvalue weighted by Gasteiger charge is -2.22. The first-order valence-corrected chi connectivity index (χ1v) is 7.46. The number of hydrogen-bond donors (Lipinski definition) is 0. The summed E-state index contributed by atoms with van der Waals surface area (Å²) in [5, 5.41) is 0.365. The average Bonchev–Trinajstić information content (AvgIpc) is 2.48. The summed E-state index contributed by atoms with van der Waals surface area (Å²) in [7, 11) is 2.86. The van der Waals surface area contributed by atoms with Crippen molar-refractivity contribution in [2.24, 2.45) is 0 Å². The molecule has 0 aromatic heterocycles. The van der Waals surface area contributed by atoms with Gasteiger partial charge in [0, 0.05) is 24.7 Å². The molecule has 0 unspecified atom stereocenters. The van der Waals surface area contributed by atoms with Gasteiger partial charge in [0.05, 0.1) is 30.7 Å². The first kappa shape index (κ1) is 17.9. The molecule has 5 nitrogen and oxygen atoms in total. The molecule has 0 saturated heterocycles. The highest BCUT2D eigenvalue weighted by molar-refractivity contribution is 9.10. The van der Waals surface area contributed by atoms with Crippen molar-refractivity contribution in [3.63, 3.8) is 0 Å². The van der Waals surface area contributed by atoms with Crippen molar-refractivity contribution in [3.05, 3.63) is 33.3 Å². The third-order valence-electron chi connectivity index (χ3n) is 2.82. The van der Waals surface area contributed by atoms with Crippen molar-refractivity contribution >= 4 is 39.4 Å². The molecule has 0 atom stereocenters. The van der Waals surface area contributed by atoms with Gasteiger partial charge in [-0.2, -0.15) is 0 Å². The van der Waals surface area contributed by atoms with Crippen LogP contribution in [0.5, 0.6) is 0 Å². The number of ether oxygens (including phenoxy) is 2. The van der Waals surface area contributed by atoms with Gasteiger partial charge in [0.15, 0.2) is 0 Å². The van der Waals surface area contributed by atoms with E-state index in [9.17, 15) is 9.59 Å². The molecule has 0 radical (unpaired) electrons. The minimum atomic E-state index is -0.370. The van der Waals surface area contributed by atoms with Crippen LogP contribution >= 0.6 is 27.5 Å². The molecule has 1 amide bonds. The van der Waals surface area contributed by atoms with Crippen LogP contribution in [0.1, 0.15) is 16.8 Å². The third-order valence-corrected chi connectivity index (χ3v) is 3.65. The smallest absolute Gasteiger partial charge is 0.307 e. The summed E-state index contributed by atoms with van der Waals surface area (Å²) in [6.07, 6.45) is 0.123. The van der Waals surface area contributed by atoms with E-state index in [2.05, 4.69) is 20.7 Å². The fourth-order valence-corrected chi connectivity index (χ4v) is 2.24. The Morgan fingerprint density at radius 2 is 2.00 bits per heavy atom. The van der Waals surface area contributed by atoms with Gasteiger partial charge in [-0.15, -0.1) is 0 Å². The first-order valence-electron chi connectivity index (χ1n) is 6.29. The van der Waals surface area contributed by atoms with Crippen LogP contribution in [0, 0.1) is 0 Å². The standard InChI is InChI=1S/C14H17BrClNO4/c1-20-8-7-17(6-5-13(18)21-2)14(19)11-9-10(15)3-4-12(11)16/h3-4,9H,5-8H2,1-2H3. The van der Waals surface area contributed by atoms with E-state index in [1.165, 1.54) is 12.0 Å². The van der Waals surface area contributed by atoms with Crippen molar-refractivity contribution < 1.29 is 19.1 Å². The number of carbonyl (C=O) groups is 2. The summed E-state index contributed by atoms with van der Waals surface area (Å²) >= 11 is 9.38. The summed E-state index contributed by atoms with van der Waals surface area (Å²) in [4.78, 5) is 25.3. The van der Waals surface area contributed by atoms with E-state index >= 15 is 0 Å². The number of carbonyl (C=O) groups excluding carboxylic acids is 2. The van der Waals surface area contributed by atoms with E-state index in [0.29, 0.717) is 23.7 Å². The summed E-state index contributed by atoms with van der Waals surface area (Å²) < 4.78 is 10.3. The molecule has 1 rings (SSSR count). The van der Waals surface area contributed by atoms with Crippen LogP contribution in [0.4, 0.5) is 0 Å². The van der Waals surface area contributed by atoms with Gasteiger partial charge in [-0.05, 0) is 18.2 Å². The molecule has 0 saturated carbocycles. The fourth-order valence-electron chi connectivity index (χ4n) is 1.68. The van der Waals surface area contributed by atoms with Gasteiger partial charge in [0.2, 0.25) is 0 Å². The Kier molecular flexibility index (Phi) is 7.71. The van der Waals surface area contributed by atoms with Gasteiger partial charge < -0.3 is 14.4 Å². The molecule has 1 aromatic carbocycles. The van der Waals surface area contributed by atoms with Crippen molar-refractivity contribution in [1.29, 1.82) is 0 Å². The zero-order valence-corrected chi connectivity index (χ0v) is 14.2. The first-order chi connectivity index (χ1) is 9.99. The third kappa shape index (κ3) is 5.65. The number of benzene rings is 1. The molecule has 7 heteroatoms. The minimum Gasteiger partial charge on any atom is -0.469 e. The quantitative estimate of drug-likeness (QED) is 0.685. The molecule has 116 valence electrons. The number of amides is 1. The summed E-state index contributed by atoms with van der Waals surface area (Å²) in [6, 6.07) is 5.06. The molecule has 0 aliphatic heterocycles. The summed E-state index contributed by atoms with van der Waals surface area (Å²) in [6.45, 7) is 0.991. The summed E-state index contributed by atoms with van der Waals surface area (Å²) in [5.74, 6) is -0.618. The molecule has 0 fully saturated rings. The van der Waals surface area contributed by atoms with E-state index in [0.717, 1.165) is 4.47 Å². The molecule has 0 N–H and O–H groups in total. The number of nitrogens with zero attached hydrogens (tertiary/aromatic N) is 1. The van der Waals surface area contributed by atoms with Crippen molar-refractivity contribution in [2.75, 3.05) is 33.9 Å². The Labute approximate surface area is 137 Å². The van der Waals surface area contributed by atoms with Gasteiger partial charge in [-0.1, -0.05) is 27.5 Å². The molecule has 1 aromatic rings. The Hall–Kier alpha value is -1.11. The maximum atomic E-state index is 12.5. The van der Waals surface area contributed by atoms with Gasteiger partial charge in [0.1, 0.15) is 0 Å². The zero-order valence-electron chi connectivity index (χ0n) is 11.9. The number of rotatable bonds is 7. The zero-order chi connectivity index (χ0) is 15.8. The lowest BCUT2D eigenvalue weighted by atomic mass is 10.2. The molecule has 0 bridgehead atoms. The van der Waals surface area contributed by atoms with Crippen LogP contribution in [0.25, 0.3) is 0 Å². The highest BCUT2D eigenvalue weighted by Crippen LogP contribution is 2.22. The van der Waals surface area contributed by atoms with Crippen LogP contribution in [0.3, 0.4) is 0 Å². The molecular formula is C14H17BrClNO4. The van der Waals surface area contributed by atoms with Crippen molar-refractivity contribution in [3.8, 4) is 0 Å². The van der Waals surface area contributed by atoms with Crippen LogP contribution < -0.4 is 0 Å². The number of methoxy groups -OCH3 is 2. The highest BCUT2D eigenvalue weighted by Gasteiger charge is 2.19. The molecule has 0 aliphatic carbocycles. The normalized spacial score (nSPS) is 10.3. The van der Waals surface area contributed by atoms with Crippen molar-refractivity contribution in [2.45, 2.75) is 6.42 Å². The second-order valence-electron chi connectivity index (χ2n) is 4.24. The Morgan fingerprint density at radius 3 is 2.62 bits per heavy atom. The molecule has 0 heterocycles. The second kappa shape index (κ2) is 9.02. The molecule has 0 spiro atoms. The van der Waals surface area contributed by atoms with E-state index in [1.54, 1.807) is 25.3 Å². The Morgan fingerprint density at radius 1 is 1.29 bits per heavy atom. The molecule has 21 heavy (non-hydrogen) atoms. The Bertz CT molecular complexity index is 510.